The van der Waals surface area contributed by atoms with Crippen molar-refractivity contribution in [3.05, 3.63) is 36.1 Å². The predicted molar refractivity (Wildman–Crippen MR) is 66.0 cm³/mol. The summed E-state index contributed by atoms with van der Waals surface area (Å²) in [4.78, 5) is 10.4. The molecule has 0 fully saturated rings. The second-order valence-corrected chi connectivity index (χ2v) is 3.80. The van der Waals surface area contributed by atoms with Gasteiger partial charge in [-0.3, -0.25) is 0 Å². The van der Waals surface area contributed by atoms with E-state index < -0.39 is 11.7 Å². The molecule has 0 aromatic heterocycles. The highest BCUT2D eigenvalue weighted by Gasteiger charge is 2.09. The van der Waals surface area contributed by atoms with Crippen LogP contribution >= 0.6 is 0 Å². The molecule has 0 aliphatic heterocycles. The third kappa shape index (κ3) is 4.01. The van der Waals surface area contributed by atoms with Crippen LogP contribution in [0.15, 0.2) is 36.1 Å². The molecule has 0 aliphatic rings. The molecule has 0 spiro atoms. The van der Waals surface area contributed by atoms with E-state index in [0.717, 1.165) is 0 Å². The largest absolute Gasteiger partial charge is 0.502 e. The number of hydrogen-bond acceptors (Lipinski definition) is 4. The summed E-state index contributed by atoms with van der Waals surface area (Å²) in [5, 5.41) is 17.6. The zero-order chi connectivity index (χ0) is 13.5. The maximum Gasteiger partial charge on any atom is 0.370 e. The summed E-state index contributed by atoms with van der Waals surface area (Å²) in [5.74, 6) is -1.07. The van der Waals surface area contributed by atoms with Crippen LogP contribution in [0, 0.1) is 5.92 Å². The zero-order valence-corrected chi connectivity index (χ0v) is 10.3. The fraction of sp³-hybridized carbons (Fsp3) is 0.308. The summed E-state index contributed by atoms with van der Waals surface area (Å²) in [7, 11) is 1.54. The van der Waals surface area contributed by atoms with Gasteiger partial charge in [0.15, 0.2) is 17.3 Å². The SMILES string of the molecule is COc1ccccc1OCC(C)/C=C(\O)C(=O)O. The Labute approximate surface area is 105 Å². The maximum absolute atomic E-state index is 10.4. The lowest BCUT2D eigenvalue weighted by Gasteiger charge is -2.12. The van der Waals surface area contributed by atoms with Gasteiger partial charge >= 0.3 is 5.97 Å². The van der Waals surface area contributed by atoms with Crippen molar-refractivity contribution in [3.8, 4) is 11.5 Å². The van der Waals surface area contributed by atoms with Gasteiger partial charge in [0, 0.05) is 5.92 Å². The first-order chi connectivity index (χ1) is 8.54. The third-order valence-electron chi connectivity index (χ3n) is 2.23. The van der Waals surface area contributed by atoms with Crippen molar-refractivity contribution < 1.29 is 24.5 Å². The fourth-order valence-electron chi connectivity index (χ4n) is 1.35. The van der Waals surface area contributed by atoms with Gasteiger partial charge in [-0.25, -0.2) is 4.79 Å². The Kier molecular flexibility index (Phi) is 5.05. The monoisotopic (exact) mass is 252 g/mol. The molecule has 1 atom stereocenters. The zero-order valence-electron chi connectivity index (χ0n) is 10.3. The van der Waals surface area contributed by atoms with Gasteiger partial charge in [-0.1, -0.05) is 19.1 Å². The van der Waals surface area contributed by atoms with Gasteiger partial charge in [-0.2, -0.15) is 0 Å². The van der Waals surface area contributed by atoms with Gasteiger partial charge in [0.1, 0.15) is 0 Å². The van der Waals surface area contributed by atoms with Gasteiger partial charge in [0.25, 0.3) is 0 Å². The molecule has 0 radical (unpaired) electrons. The molecule has 1 unspecified atom stereocenters. The highest BCUT2D eigenvalue weighted by molar-refractivity contribution is 5.83. The topological polar surface area (TPSA) is 76.0 Å². The normalized spacial score (nSPS) is 12.9. The first-order valence-corrected chi connectivity index (χ1v) is 5.44. The van der Waals surface area contributed by atoms with E-state index in [0.29, 0.717) is 11.5 Å². The summed E-state index contributed by atoms with van der Waals surface area (Å²) >= 11 is 0. The summed E-state index contributed by atoms with van der Waals surface area (Å²) in [6.45, 7) is 1.99. The standard InChI is InChI=1S/C13H16O5/c1-9(7-10(14)13(15)16)8-18-12-6-4-3-5-11(12)17-2/h3-7,9,14H,8H2,1-2H3,(H,15,16)/b10-7-. The van der Waals surface area contributed by atoms with E-state index >= 15 is 0 Å². The minimum absolute atomic E-state index is 0.231. The molecule has 0 aliphatic carbocycles. The summed E-state index contributed by atoms with van der Waals surface area (Å²) in [5.41, 5.74) is 0. The summed E-state index contributed by atoms with van der Waals surface area (Å²) < 4.78 is 10.6. The average molecular weight is 252 g/mol. The Hall–Kier alpha value is -2.17. The quantitative estimate of drug-likeness (QED) is 0.599. The molecule has 1 rings (SSSR count). The maximum atomic E-state index is 10.4. The first kappa shape index (κ1) is 13.9. The average Bonchev–Trinajstić information content (AvgIpc) is 2.36. The number of aliphatic hydroxyl groups excluding tert-OH is 1. The van der Waals surface area contributed by atoms with E-state index in [1.54, 1.807) is 26.2 Å². The van der Waals surface area contributed by atoms with E-state index in [9.17, 15) is 4.79 Å². The number of carboxylic acid groups (broad SMARTS) is 1. The molecule has 98 valence electrons. The number of carboxylic acids is 1. The van der Waals surface area contributed by atoms with Crippen molar-refractivity contribution in [2.75, 3.05) is 13.7 Å². The molecule has 2 N–H and O–H groups in total. The minimum atomic E-state index is -1.35. The molecular formula is C13H16O5. The molecule has 0 amide bonds. The van der Waals surface area contributed by atoms with Gasteiger partial charge in [-0.05, 0) is 18.2 Å². The number of benzene rings is 1. The van der Waals surface area contributed by atoms with Gasteiger partial charge in [0.2, 0.25) is 0 Å². The molecule has 1 aromatic rings. The Balaban J connectivity index is 2.60. The smallest absolute Gasteiger partial charge is 0.370 e. The van der Waals surface area contributed by atoms with Crippen molar-refractivity contribution in [3.63, 3.8) is 0 Å². The summed E-state index contributed by atoms with van der Waals surface area (Å²) in [6, 6.07) is 7.16. The van der Waals surface area contributed by atoms with Crippen LogP contribution in [0.5, 0.6) is 11.5 Å². The second-order valence-electron chi connectivity index (χ2n) is 3.80. The van der Waals surface area contributed by atoms with Crippen LogP contribution in [0.2, 0.25) is 0 Å². The van der Waals surface area contributed by atoms with E-state index in [-0.39, 0.29) is 12.5 Å². The van der Waals surface area contributed by atoms with Crippen LogP contribution in [0.1, 0.15) is 6.92 Å². The summed E-state index contributed by atoms with van der Waals surface area (Å²) in [6.07, 6.45) is 1.23. The molecule has 1 aromatic carbocycles. The molecule has 0 saturated heterocycles. The number of carbonyl (C=O) groups is 1. The van der Waals surface area contributed by atoms with E-state index in [1.165, 1.54) is 6.08 Å². The molecule has 5 nitrogen and oxygen atoms in total. The van der Waals surface area contributed by atoms with Crippen molar-refractivity contribution in [1.82, 2.24) is 0 Å². The number of para-hydroxylation sites is 2. The van der Waals surface area contributed by atoms with Gasteiger partial charge in [0.05, 0.1) is 13.7 Å². The Morgan fingerprint density at radius 2 is 1.94 bits per heavy atom. The third-order valence-corrected chi connectivity index (χ3v) is 2.23. The number of hydrogen-bond donors (Lipinski definition) is 2. The molecule has 5 heteroatoms. The number of ether oxygens (including phenoxy) is 2. The number of rotatable bonds is 6. The number of aliphatic hydroxyl groups is 1. The van der Waals surface area contributed by atoms with Gasteiger partial charge in [-0.15, -0.1) is 0 Å². The van der Waals surface area contributed by atoms with Crippen molar-refractivity contribution >= 4 is 5.97 Å². The van der Waals surface area contributed by atoms with Crippen molar-refractivity contribution in [1.29, 1.82) is 0 Å². The minimum Gasteiger partial charge on any atom is -0.502 e. The van der Waals surface area contributed by atoms with Crippen LogP contribution in [0.25, 0.3) is 0 Å². The lowest BCUT2D eigenvalue weighted by Crippen LogP contribution is -2.09. The Morgan fingerprint density at radius 3 is 2.50 bits per heavy atom. The van der Waals surface area contributed by atoms with Crippen molar-refractivity contribution in [2.24, 2.45) is 5.92 Å². The lowest BCUT2D eigenvalue weighted by molar-refractivity contribution is -0.135. The van der Waals surface area contributed by atoms with Crippen LogP contribution in [0.3, 0.4) is 0 Å². The van der Waals surface area contributed by atoms with Crippen LogP contribution < -0.4 is 9.47 Å². The first-order valence-electron chi connectivity index (χ1n) is 5.44. The molecule has 0 heterocycles. The molecule has 18 heavy (non-hydrogen) atoms. The predicted octanol–water partition coefficient (Wildman–Crippen LogP) is 2.24. The fourth-order valence-corrected chi connectivity index (χ4v) is 1.35. The highest BCUT2D eigenvalue weighted by atomic mass is 16.5. The van der Waals surface area contributed by atoms with Crippen molar-refractivity contribution in [2.45, 2.75) is 6.92 Å². The van der Waals surface area contributed by atoms with Gasteiger partial charge < -0.3 is 19.7 Å². The lowest BCUT2D eigenvalue weighted by atomic mass is 10.1. The Bertz CT molecular complexity index is 439. The van der Waals surface area contributed by atoms with E-state index in [2.05, 4.69) is 0 Å². The van der Waals surface area contributed by atoms with Crippen LogP contribution in [-0.2, 0) is 4.79 Å². The number of aliphatic carboxylic acids is 1. The molecule has 0 bridgehead atoms. The number of methoxy groups -OCH3 is 1. The molecular weight excluding hydrogens is 236 g/mol. The van der Waals surface area contributed by atoms with E-state index in [1.807, 2.05) is 12.1 Å². The highest BCUT2D eigenvalue weighted by Crippen LogP contribution is 2.26. The Morgan fingerprint density at radius 1 is 1.33 bits per heavy atom. The van der Waals surface area contributed by atoms with Crippen LogP contribution in [-0.4, -0.2) is 29.9 Å². The van der Waals surface area contributed by atoms with E-state index in [4.69, 9.17) is 19.7 Å². The second kappa shape index (κ2) is 6.54. The van der Waals surface area contributed by atoms with Crippen LogP contribution in [0.4, 0.5) is 0 Å². The molecule has 0 saturated carbocycles.